The van der Waals surface area contributed by atoms with Crippen LogP contribution in [-0.4, -0.2) is 42.6 Å². The summed E-state index contributed by atoms with van der Waals surface area (Å²) in [5.74, 6) is 1.38. The highest BCUT2D eigenvalue weighted by Gasteiger charge is 2.31. The number of hydrogen-bond acceptors (Lipinski definition) is 4. The Morgan fingerprint density at radius 3 is 2.45 bits per heavy atom. The van der Waals surface area contributed by atoms with Crippen LogP contribution < -0.4 is 15.2 Å². The molecule has 1 saturated heterocycles. The number of methoxy groups -OCH3 is 1. The lowest BCUT2D eigenvalue weighted by molar-refractivity contribution is -0.274. The van der Waals surface area contributed by atoms with E-state index in [1.54, 1.807) is 13.2 Å². The molecule has 0 spiro atoms. The second kappa shape index (κ2) is 13.2. The largest absolute Gasteiger partial charge is 0.573 e. The molecule has 5 nitrogen and oxygen atoms in total. The third-order valence-electron chi connectivity index (χ3n) is 8.30. The van der Waals surface area contributed by atoms with Gasteiger partial charge in [0.1, 0.15) is 11.5 Å². The molecule has 1 aromatic heterocycles. The maximum Gasteiger partial charge on any atom is 0.573 e. The first-order valence-corrected chi connectivity index (χ1v) is 14.8. The molecular formula is C34H40F3N3O2. The van der Waals surface area contributed by atoms with Crippen molar-refractivity contribution in [3.05, 3.63) is 83.6 Å². The molecule has 2 N–H and O–H groups in total. The molecule has 0 saturated carbocycles. The Kier molecular flexibility index (Phi) is 9.43. The van der Waals surface area contributed by atoms with Crippen molar-refractivity contribution in [2.24, 2.45) is 11.7 Å². The second-order valence-corrected chi connectivity index (χ2v) is 11.2. The number of aromatic nitrogens is 1. The van der Waals surface area contributed by atoms with Crippen LogP contribution in [0.1, 0.15) is 42.9 Å². The fourth-order valence-electron chi connectivity index (χ4n) is 6.17. The zero-order chi connectivity index (χ0) is 29.7. The summed E-state index contributed by atoms with van der Waals surface area (Å²) in [6, 6.07) is 19.7. The van der Waals surface area contributed by atoms with E-state index in [1.165, 1.54) is 23.3 Å². The lowest BCUT2D eigenvalue weighted by atomic mass is 9.90. The molecule has 0 atom stereocenters. The smallest absolute Gasteiger partial charge is 0.497 e. The molecule has 0 amide bonds. The lowest BCUT2D eigenvalue weighted by Crippen LogP contribution is -2.33. The van der Waals surface area contributed by atoms with Gasteiger partial charge in [0.2, 0.25) is 0 Å². The molecule has 8 heteroatoms. The van der Waals surface area contributed by atoms with Gasteiger partial charge < -0.3 is 19.8 Å². The first kappa shape index (κ1) is 30.0. The van der Waals surface area contributed by atoms with E-state index >= 15 is 0 Å². The van der Waals surface area contributed by atoms with Crippen molar-refractivity contribution >= 4 is 10.9 Å². The molecule has 42 heavy (non-hydrogen) atoms. The van der Waals surface area contributed by atoms with E-state index in [0.29, 0.717) is 18.9 Å². The third kappa shape index (κ3) is 7.28. The Morgan fingerprint density at radius 2 is 1.74 bits per heavy atom. The van der Waals surface area contributed by atoms with E-state index in [2.05, 4.69) is 56.8 Å². The van der Waals surface area contributed by atoms with E-state index in [4.69, 9.17) is 10.5 Å². The number of fused-ring (bicyclic) bond motifs is 1. The van der Waals surface area contributed by atoms with Gasteiger partial charge in [-0.25, -0.2) is 0 Å². The van der Waals surface area contributed by atoms with Crippen LogP contribution in [0.5, 0.6) is 11.5 Å². The monoisotopic (exact) mass is 579 g/mol. The SMILES string of the molecule is CCc1cc(OC(F)(F)F)ccc1-c1cn(CCCN)c2ccc(CN3CCC(Cc4cccc(OC)c4)CC3)cc12. The van der Waals surface area contributed by atoms with E-state index in [9.17, 15) is 13.2 Å². The van der Waals surface area contributed by atoms with Crippen LogP contribution in [0.2, 0.25) is 0 Å². The van der Waals surface area contributed by atoms with Crippen molar-refractivity contribution in [3.8, 4) is 22.6 Å². The normalized spacial score (nSPS) is 14.9. The fraction of sp³-hybridized carbons (Fsp3) is 0.412. The number of rotatable bonds is 11. The van der Waals surface area contributed by atoms with Gasteiger partial charge in [0.15, 0.2) is 0 Å². The van der Waals surface area contributed by atoms with Crippen molar-refractivity contribution in [2.75, 3.05) is 26.7 Å². The third-order valence-corrected chi connectivity index (χ3v) is 8.30. The first-order valence-electron chi connectivity index (χ1n) is 14.8. The van der Waals surface area contributed by atoms with Gasteiger partial charge in [0, 0.05) is 35.8 Å². The molecule has 1 aliphatic rings. The summed E-state index contributed by atoms with van der Waals surface area (Å²) in [6.45, 7) is 6.30. The van der Waals surface area contributed by atoms with Crippen molar-refractivity contribution in [2.45, 2.75) is 58.5 Å². The maximum atomic E-state index is 12.9. The van der Waals surface area contributed by atoms with Gasteiger partial charge in [-0.2, -0.15) is 0 Å². The molecule has 1 aliphatic heterocycles. The Hall–Kier alpha value is -3.49. The molecule has 3 aromatic carbocycles. The zero-order valence-corrected chi connectivity index (χ0v) is 24.4. The minimum Gasteiger partial charge on any atom is -0.497 e. The molecule has 0 aliphatic carbocycles. The van der Waals surface area contributed by atoms with Crippen molar-refractivity contribution in [1.82, 2.24) is 9.47 Å². The molecule has 1 fully saturated rings. The Balaban J connectivity index is 1.35. The van der Waals surface area contributed by atoms with E-state index in [1.807, 2.05) is 13.0 Å². The Morgan fingerprint density at radius 1 is 0.929 bits per heavy atom. The van der Waals surface area contributed by atoms with Crippen LogP contribution in [-0.2, 0) is 25.9 Å². The number of aryl methyl sites for hydroxylation is 2. The summed E-state index contributed by atoms with van der Waals surface area (Å²) in [7, 11) is 1.71. The molecule has 0 unspecified atom stereocenters. The number of benzene rings is 3. The zero-order valence-electron chi connectivity index (χ0n) is 24.4. The van der Waals surface area contributed by atoms with E-state index in [-0.39, 0.29) is 5.75 Å². The molecular weight excluding hydrogens is 539 g/mol. The van der Waals surface area contributed by atoms with Gasteiger partial charge in [0.05, 0.1) is 7.11 Å². The second-order valence-electron chi connectivity index (χ2n) is 11.2. The van der Waals surface area contributed by atoms with Crippen molar-refractivity contribution in [3.63, 3.8) is 0 Å². The van der Waals surface area contributed by atoms with Crippen LogP contribution in [0.3, 0.4) is 0 Å². The standard InChI is InChI=1S/C34H40F3N3O2/c1-3-27-21-29(42-34(35,36)37)9-10-30(27)32-23-40(15-5-14-38)33-11-8-26(20-31(32)33)22-39-16-12-24(13-17-39)18-25-6-4-7-28(19-25)41-2/h4,6-11,19-21,23-24H,3,5,12-18,22,38H2,1-2H3. The van der Waals surface area contributed by atoms with E-state index < -0.39 is 6.36 Å². The average molecular weight is 580 g/mol. The topological polar surface area (TPSA) is 52.7 Å². The number of nitrogens with zero attached hydrogens (tertiary/aromatic N) is 2. The minimum atomic E-state index is -4.72. The summed E-state index contributed by atoms with van der Waals surface area (Å²) in [4.78, 5) is 2.52. The van der Waals surface area contributed by atoms with Gasteiger partial charge in [-0.1, -0.05) is 31.2 Å². The molecule has 224 valence electrons. The van der Waals surface area contributed by atoms with Gasteiger partial charge >= 0.3 is 6.36 Å². The molecule has 0 radical (unpaired) electrons. The van der Waals surface area contributed by atoms with Gasteiger partial charge in [-0.15, -0.1) is 13.2 Å². The highest BCUT2D eigenvalue weighted by molar-refractivity contribution is 5.97. The van der Waals surface area contributed by atoms with Crippen LogP contribution >= 0.6 is 0 Å². The number of hydrogen-bond donors (Lipinski definition) is 1. The van der Waals surface area contributed by atoms with Gasteiger partial charge in [0.25, 0.3) is 0 Å². The van der Waals surface area contributed by atoms with Crippen LogP contribution in [0.15, 0.2) is 66.9 Å². The van der Waals surface area contributed by atoms with Gasteiger partial charge in [-0.05, 0) is 116 Å². The maximum absolute atomic E-state index is 12.9. The van der Waals surface area contributed by atoms with Crippen molar-refractivity contribution < 1.29 is 22.6 Å². The van der Waals surface area contributed by atoms with Crippen molar-refractivity contribution in [1.29, 1.82) is 0 Å². The first-order chi connectivity index (χ1) is 20.3. The number of likely N-dealkylation sites (tertiary alicyclic amines) is 1. The van der Waals surface area contributed by atoms with Gasteiger partial charge in [-0.3, -0.25) is 4.90 Å². The number of alkyl halides is 3. The van der Waals surface area contributed by atoms with Crippen LogP contribution in [0.25, 0.3) is 22.0 Å². The Bertz CT molecular complexity index is 1490. The predicted molar refractivity (Wildman–Crippen MR) is 162 cm³/mol. The highest BCUT2D eigenvalue weighted by Crippen LogP contribution is 2.37. The summed E-state index contributed by atoms with van der Waals surface area (Å²) in [5, 5.41) is 1.11. The number of nitrogens with two attached hydrogens (primary N) is 1. The van der Waals surface area contributed by atoms with Crippen LogP contribution in [0, 0.1) is 5.92 Å². The molecule has 5 rings (SSSR count). The summed E-state index contributed by atoms with van der Waals surface area (Å²) >= 11 is 0. The quantitative estimate of drug-likeness (QED) is 0.199. The lowest BCUT2D eigenvalue weighted by Gasteiger charge is -2.32. The average Bonchev–Trinajstić information content (AvgIpc) is 3.33. The van der Waals surface area contributed by atoms with E-state index in [0.717, 1.165) is 85.2 Å². The molecule has 0 bridgehead atoms. The Labute approximate surface area is 246 Å². The summed E-state index contributed by atoms with van der Waals surface area (Å²) in [5.41, 5.74) is 12.3. The minimum absolute atomic E-state index is 0.189. The highest BCUT2D eigenvalue weighted by atomic mass is 19.4. The summed E-state index contributed by atoms with van der Waals surface area (Å²) < 4.78 is 50.4. The number of halogens is 3. The fourth-order valence-corrected chi connectivity index (χ4v) is 6.17. The molecule has 4 aromatic rings. The predicted octanol–water partition coefficient (Wildman–Crippen LogP) is 7.58. The summed E-state index contributed by atoms with van der Waals surface area (Å²) in [6.07, 6.45) is 2.22. The molecule has 2 heterocycles. The number of piperidine rings is 1. The van der Waals surface area contributed by atoms with Crippen LogP contribution in [0.4, 0.5) is 13.2 Å². The number of ether oxygens (including phenoxy) is 2.